The minimum absolute atomic E-state index is 0.00733. The Morgan fingerprint density at radius 2 is 1.62 bits per heavy atom. The number of amides is 6. The molecular weight excluding hydrogens is 956 g/mol. The molecule has 16 nitrogen and oxygen atoms in total. The van der Waals surface area contributed by atoms with Crippen molar-refractivity contribution >= 4 is 52.5 Å². The number of hydrogen-bond donors (Lipinski definition) is 6. The molecule has 0 aromatic heterocycles. The van der Waals surface area contributed by atoms with Gasteiger partial charge in [-0.1, -0.05) is 43.3 Å². The van der Waals surface area contributed by atoms with Crippen LogP contribution in [0.3, 0.4) is 0 Å². The van der Waals surface area contributed by atoms with E-state index in [1.807, 2.05) is 11.0 Å². The van der Waals surface area contributed by atoms with Crippen molar-refractivity contribution in [2.45, 2.75) is 95.4 Å². The largest absolute Gasteiger partial charge is 0.381 e. The van der Waals surface area contributed by atoms with Crippen LogP contribution in [0, 0.1) is 23.4 Å². The van der Waals surface area contributed by atoms with Gasteiger partial charge in [-0.25, -0.2) is 13.2 Å². The number of nitrogens with one attached hydrogen (secondary N) is 6. The summed E-state index contributed by atoms with van der Waals surface area (Å²) in [5, 5.41) is 17.1. The Labute approximate surface area is 429 Å². The highest BCUT2D eigenvalue weighted by Crippen LogP contribution is 2.45. The number of carbonyl (C=O) groups excluding carboxylic acids is 6. The molecule has 2 unspecified atom stereocenters. The van der Waals surface area contributed by atoms with Crippen molar-refractivity contribution < 1.29 is 46.7 Å². The summed E-state index contributed by atoms with van der Waals surface area (Å²) in [5.74, 6) is -5.79. The van der Waals surface area contributed by atoms with Crippen LogP contribution in [0.25, 0.3) is 0 Å². The van der Waals surface area contributed by atoms with Crippen molar-refractivity contribution in [2.75, 3.05) is 75.1 Å². The minimum Gasteiger partial charge on any atom is -0.381 e. The number of nitrogens with zero attached hydrogens (tertiary/aromatic N) is 3. The van der Waals surface area contributed by atoms with Gasteiger partial charge in [-0.15, -0.1) is 0 Å². The molecule has 0 spiro atoms. The number of likely N-dealkylation sites (N-methyl/N-ethyl adjacent to an activating group) is 1. The van der Waals surface area contributed by atoms with Crippen molar-refractivity contribution in [2.24, 2.45) is 5.92 Å². The maximum Gasteiger partial charge on any atom is 0.252 e. The number of fused-ring (bicyclic) bond motifs is 2. The van der Waals surface area contributed by atoms with E-state index in [-0.39, 0.29) is 54.6 Å². The molecule has 4 aliphatic heterocycles. The fourth-order valence-electron chi connectivity index (χ4n) is 10.6. The number of halogens is 3. The van der Waals surface area contributed by atoms with Crippen LogP contribution in [0.4, 0.5) is 30.2 Å². The summed E-state index contributed by atoms with van der Waals surface area (Å²) in [6.07, 6.45) is 2.14. The summed E-state index contributed by atoms with van der Waals surface area (Å²) in [5.41, 5.74) is 3.69. The number of ether oxygens (including phenoxy) is 1. The fraction of sp³-hybridized carbons (Fsp3) is 0.455. The molecular formula is C55H66F3N9O7. The molecule has 19 heteroatoms. The van der Waals surface area contributed by atoms with Gasteiger partial charge in [0.15, 0.2) is 0 Å². The molecule has 6 amide bonds. The van der Waals surface area contributed by atoms with E-state index in [1.165, 1.54) is 23.1 Å². The zero-order chi connectivity index (χ0) is 52.7. The smallest absolute Gasteiger partial charge is 0.252 e. The van der Waals surface area contributed by atoms with E-state index < -0.39 is 76.8 Å². The molecule has 0 saturated carbocycles. The second-order valence-electron chi connectivity index (χ2n) is 20.3. The Balaban J connectivity index is 0.921. The van der Waals surface area contributed by atoms with E-state index in [0.29, 0.717) is 57.4 Å². The quantitative estimate of drug-likeness (QED) is 0.0580. The maximum atomic E-state index is 14.9. The summed E-state index contributed by atoms with van der Waals surface area (Å²) in [6, 6.07) is 17.5. The van der Waals surface area contributed by atoms with E-state index in [2.05, 4.69) is 62.8 Å². The van der Waals surface area contributed by atoms with Crippen molar-refractivity contribution in [3.8, 4) is 0 Å². The molecule has 0 aliphatic carbocycles. The van der Waals surface area contributed by atoms with Crippen LogP contribution in [-0.4, -0.2) is 123 Å². The number of carbonyl (C=O) groups is 6. The lowest BCUT2D eigenvalue weighted by Crippen LogP contribution is -2.56. The monoisotopic (exact) mass is 1020 g/mol. The Kier molecular flexibility index (Phi) is 17.2. The first-order chi connectivity index (χ1) is 35.5. The van der Waals surface area contributed by atoms with E-state index in [0.717, 1.165) is 60.2 Å². The third-order valence-electron chi connectivity index (χ3n) is 14.7. The zero-order valence-corrected chi connectivity index (χ0v) is 42.3. The van der Waals surface area contributed by atoms with Gasteiger partial charge >= 0.3 is 0 Å². The molecule has 4 aliphatic rings. The van der Waals surface area contributed by atoms with Crippen molar-refractivity contribution in [1.29, 1.82) is 0 Å². The first kappa shape index (κ1) is 53.6. The third kappa shape index (κ3) is 12.6. The summed E-state index contributed by atoms with van der Waals surface area (Å²) in [6.45, 7) is 9.83. The van der Waals surface area contributed by atoms with Gasteiger partial charge in [0.05, 0.1) is 12.6 Å². The molecule has 5 atom stereocenters. The van der Waals surface area contributed by atoms with Crippen molar-refractivity contribution in [1.82, 2.24) is 31.1 Å². The summed E-state index contributed by atoms with van der Waals surface area (Å²) in [4.78, 5) is 88.1. The molecule has 4 aromatic rings. The van der Waals surface area contributed by atoms with Crippen LogP contribution in [0.1, 0.15) is 86.7 Å². The minimum atomic E-state index is -1.43. The molecule has 6 N–H and O–H groups in total. The summed E-state index contributed by atoms with van der Waals surface area (Å²) in [7, 11) is 1.61. The van der Waals surface area contributed by atoms with E-state index in [4.69, 9.17) is 4.74 Å². The number of para-hydroxylation sites is 1. The average Bonchev–Trinajstić information content (AvgIpc) is 3.91. The predicted octanol–water partition coefficient (Wildman–Crippen LogP) is 5.06. The SMILES string of the molecule is CN[C@@H](C)C(=O)NC(C(=O)N1Cc2ccc(NC(=O)CC(=O)NCCCC3(C)CN(C(=O)CN4CCN[C@H](C)C4)c4cc(Cc5ccc(F)cc5)ccc43)cc2[C@H]1C(=O)Nc1c(F)cccc1F)C1CCOCC1. The van der Waals surface area contributed by atoms with Crippen LogP contribution >= 0.6 is 0 Å². The fourth-order valence-corrected chi connectivity index (χ4v) is 10.6. The molecule has 2 fully saturated rings. The van der Waals surface area contributed by atoms with E-state index >= 15 is 0 Å². The van der Waals surface area contributed by atoms with Gasteiger partial charge in [0.2, 0.25) is 29.5 Å². The van der Waals surface area contributed by atoms with E-state index in [1.54, 1.807) is 38.2 Å². The van der Waals surface area contributed by atoms with Gasteiger partial charge in [0.25, 0.3) is 5.91 Å². The Morgan fingerprint density at radius 1 is 0.892 bits per heavy atom. The molecule has 2 saturated heterocycles. The predicted molar refractivity (Wildman–Crippen MR) is 273 cm³/mol. The lowest BCUT2D eigenvalue weighted by molar-refractivity contribution is -0.144. The highest BCUT2D eigenvalue weighted by Gasteiger charge is 2.45. The van der Waals surface area contributed by atoms with Gasteiger partial charge in [-0.05, 0) is 129 Å². The van der Waals surface area contributed by atoms with Crippen LogP contribution in [0.2, 0.25) is 0 Å². The first-order valence-electron chi connectivity index (χ1n) is 25.4. The number of piperazine rings is 1. The highest BCUT2D eigenvalue weighted by atomic mass is 19.1. The number of benzene rings is 4. The molecule has 0 radical (unpaired) electrons. The van der Waals surface area contributed by atoms with Gasteiger partial charge in [-0.2, -0.15) is 0 Å². The zero-order valence-electron chi connectivity index (χ0n) is 42.3. The van der Waals surface area contributed by atoms with Crippen molar-refractivity contribution in [3.63, 3.8) is 0 Å². The second-order valence-corrected chi connectivity index (χ2v) is 20.3. The Bertz CT molecular complexity index is 2720. The average molecular weight is 1020 g/mol. The van der Waals surface area contributed by atoms with Crippen LogP contribution in [0.5, 0.6) is 0 Å². The highest BCUT2D eigenvalue weighted by molar-refractivity contribution is 6.04. The van der Waals surface area contributed by atoms with Crippen LogP contribution < -0.4 is 36.8 Å². The van der Waals surface area contributed by atoms with Crippen molar-refractivity contribution in [3.05, 3.63) is 124 Å². The summed E-state index contributed by atoms with van der Waals surface area (Å²) >= 11 is 0. The topological polar surface area (TPSA) is 194 Å². The summed E-state index contributed by atoms with van der Waals surface area (Å²) < 4.78 is 49.0. The van der Waals surface area contributed by atoms with Gasteiger partial charge in [0.1, 0.15) is 41.6 Å². The van der Waals surface area contributed by atoms with Gasteiger partial charge in [-0.3, -0.25) is 33.7 Å². The van der Waals surface area contributed by atoms with Crippen LogP contribution in [0.15, 0.2) is 78.9 Å². The standard InChI is InChI=1S/C55H66F3N9O7/c1-33-29-65(22-21-60-33)31-48(70)67-32-55(3,42-16-11-36(26-45(42)67)25-35-9-13-39(56)14-10-35)19-6-20-61-46(68)28-47(69)62-40-15-12-38-30-66(51(41(38)27-40)53(72)64-50-43(57)7-5-8-44(50)58)54(73)49(37-17-23-74-24-18-37)63-52(71)34(2)59-4/h5,7-16,26-27,33-34,37,49,51,59-60H,6,17-25,28-32H2,1-4H3,(H,61,68)(H,62,69)(H,63,71)(H,64,72)/t33-,34+,49?,51+,55?/m1/s1. The van der Waals surface area contributed by atoms with Gasteiger partial charge in [0, 0.05) is 75.3 Å². The Hall–Kier alpha value is -6.67. The molecule has 4 heterocycles. The molecule has 4 aromatic carbocycles. The lowest BCUT2D eigenvalue weighted by Gasteiger charge is -2.35. The first-order valence-corrected chi connectivity index (χ1v) is 25.4. The maximum absolute atomic E-state index is 14.9. The van der Waals surface area contributed by atoms with E-state index in [9.17, 15) is 41.9 Å². The van der Waals surface area contributed by atoms with Crippen LogP contribution in [-0.2, 0) is 51.9 Å². The second kappa shape index (κ2) is 23.7. The Morgan fingerprint density at radius 3 is 2.34 bits per heavy atom. The number of rotatable bonds is 18. The molecule has 74 heavy (non-hydrogen) atoms. The normalized spacial score (nSPS) is 20.5. The molecule has 0 bridgehead atoms. The molecule has 8 rings (SSSR count). The lowest BCUT2D eigenvalue weighted by atomic mass is 9.80. The molecule has 394 valence electrons. The number of anilines is 3. The van der Waals surface area contributed by atoms with Gasteiger partial charge < -0.3 is 46.4 Å². The third-order valence-corrected chi connectivity index (χ3v) is 14.7. The number of hydrogen-bond acceptors (Lipinski definition) is 10.